The van der Waals surface area contributed by atoms with Gasteiger partial charge in [-0.05, 0) is 97.3 Å². The molecule has 14 heteroatoms. The monoisotopic (exact) mass is 625 g/mol. The summed E-state index contributed by atoms with van der Waals surface area (Å²) in [5.74, 6) is -0.283. The second-order valence-electron chi connectivity index (χ2n) is 10.1. The first-order chi connectivity index (χ1) is 21.4. The molecule has 5 N–H and O–H groups in total. The van der Waals surface area contributed by atoms with Gasteiger partial charge in [0.1, 0.15) is 5.69 Å². The number of azo groups is 1. The lowest BCUT2D eigenvalue weighted by molar-refractivity contribution is 0.259. The summed E-state index contributed by atoms with van der Waals surface area (Å²) in [7, 11) is -3.60. The minimum Gasteiger partial charge on any atom is -0.351 e. The van der Waals surface area contributed by atoms with E-state index in [1.54, 1.807) is 12.1 Å². The lowest BCUT2D eigenvalue weighted by Gasteiger charge is -2.11. The average molecular weight is 626 g/mol. The van der Waals surface area contributed by atoms with E-state index in [-0.39, 0.29) is 22.5 Å². The van der Waals surface area contributed by atoms with Gasteiger partial charge >= 0.3 is 12.1 Å². The summed E-state index contributed by atoms with van der Waals surface area (Å²) >= 11 is 0. The van der Waals surface area contributed by atoms with Crippen molar-refractivity contribution in [1.82, 2.24) is 15.0 Å². The minimum atomic E-state index is -3.60. The van der Waals surface area contributed by atoms with Gasteiger partial charge in [-0.25, -0.2) is 13.2 Å². The number of nitrogens with zero attached hydrogens (tertiary/aromatic N) is 5. The zero-order valence-electron chi connectivity index (χ0n) is 24.5. The van der Waals surface area contributed by atoms with Crippen LogP contribution in [0.3, 0.4) is 0 Å². The SMILES string of the molecule is C=CS(=O)(=O)c1ccc(Nc2nc(F)nc(Nc3ccc(N=Nc4cc5c(C)cc(C)cc5cc4C)c(NC(N)=O)c3)n2)cc1. The first-order valence-corrected chi connectivity index (χ1v) is 15.0. The molecule has 0 radical (unpaired) electrons. The van der Waals surface area contributed by atoms with Gasteiger partial charge in [-0.1, -0.05) is 24.3 Å². The van der Waals surface area contributed by atoms with E-state index in [0.29, 0.717) is 22.7 Å². The van der Waals surface area contributed by atoms with Crippen LogP contribution in [0.2, 0.25) is 0 Å². The Morgan fingerprint density at radius 2 is 1.49 bits per heavy atom. The summed E-state index contributed by atoms with van der Waals surface area (Å²) < 4.78 is 38.2. The van der Waals surface area contributed by atoms with Crippen LogP contribution in [0.1, 0.15) is 16.7 Å². The van der Waals surface area contributed by atoms with Crippen LogP contribution in [0.5, 0.6) is 0 Å². The smallest absolute Gasteiger partial charge is 0.316 e. The summed E-state index contributed by atoms with van der Waals surface area (Å²) in [6.07, 6.45) is -1.07. The van der Waals surface area contributed by atoms with Gasteiger partial charge in [-0.3, -0.25) is 0 Å². The quantitative estimate of drug-likeness (QED) is 0.122. The Bertz CT molecular complexity index is 2100. The largest absolute Gasteiger partial charge is 0.351 e. The molecular formula is C31H28FN9O3S. The number of carbonyl (C=O) groups excluding carboxylic acids is 1. The molecule has 12 nitrogen and oxygen atoms in total. The highest BCUT2D eigenvalue weighted by Gasteiger charge is 2.13. The van der Waals surface area contributed by atoms with Gasteiger partial charge in [0.15, 0.2) is 9.84 Å². The number of primary amides is 1. The number of benzene rings is 4. The molecule has 5 aromatic rings. The molecule has 0 atom stereocenters. The molecule has 0 aliphatic carbocycles. The summed E-state index contributed by atoms with van der Waals surface area (Å²) in [5.41, 5.74) is 10.6. The number of aromatic nitrogens is 3. The van der Waals surface area contributed by atoms with Crippen molar-refractivity contribution >= 4 is 67.0 Å². The van der Waals surface area contributed by atoms with E-state index in [9.17, 15) is 17.6 Å². The molecule has 4 aromatic carbocycles. The van der Waals surface area contributed by atoms with Crippen molar-refractivity contribution in [2.45, 2.75) is 25.7 Å². The number of anilines is 5. The van der Waals surface area contributed by atoms with Gasteiger partial charge in [0.05, 0.1) is 16.3 Å². The third-order valence-electron chi connectivity index (χ3n) is 6.66. The van der Waals surface area contributed by atoms with Gasteiger partial charge in [-0.2, -0.15) is 24.5 Å². The van der Waals surface area contributed by atoms with Crippen LogP contribution in [0.4, 0.5) is 49.5 Å². The van der Waals surface area contributed by atoms with Crippen molar-refractivity contribution in [2.75, 3.05) is 16.0 Å². The summed E-state index contributed by atoms with van der Waals surface area (Å²) in [4.78, 5) is 23.3. The number of fused-ring (bicyclic) bond motifs is 1. The maximum Gasteiger partial charge on any atom is 0.316 e. The van der Waals surface area contributed by atoms with Crippen molar-refractivity contribution in [3.8, 4) is 0 Å². The highest BCUT2D eigenvalue weighted by atomic mass is 32.2. The van der Waals surface area contributed by atoms with Gasteiger partial charge in [0.2, 0.25) is 11.9 Å². The Balaban J connectivity index is 1.39. The molecule has 0 saturated heterocycles. The van der Waals surface area contributed by atoms with Crippen LogP contribution in [0.15, 0.2) is 93.8 Å². The van der Waals surface area contributed by atoms with Crippen molar-refractivity contribution in [3.63, 3.8) is 0 Å². The fourth-order valence-corrected chi connectivity index (χ4v) is 5.29. The van der Waals surface area contributed by atoms with Crippen molar-refractivity contribution in [2.24, 2.45) is 16.0 Å². The van der Waals surface area contributed by atoms with Crippen LogP contribution in [-0.4, -0.2) is 29.4 Å². The predicted molar refractivity (Wildman–Crippen MR) is 172 cm³/mol. The van der Waals surface area contributed by atoms with Crippen LogP contribution in [0.25, 0.3) is 10.8 Å². The maximum atomic E-state index is 14.3. The number of rotatable bonds is 9. The molecule has 0 aliphatic heterocycles. The standard InChI is InChI=1S/C31H28FN9O3S/c1-5-45(43,44)23-9-6-21(7-10-23)34-30-37-28(32)38-31(39-30)35-22-8-11-25(27(15-22)36-29(33)42)40-41-26-16-24-18(3)12-17(2)13-20(24)14-19(26)4/h5-16H,1H2,2-4H3,(H3,33,36,42)(H2,34,35,37,38,39). The Morgan fingerprint density at radius 1 is 0.844 bits per heavy atom. The molecule has 5 rings (SSSR count). The number of hydrogen-bond acceptors (Lipinski definition) is 10. The molecule has 1 heterocycles. The molecule has 228 valence electrons. The third kappa shape index (κ3) is 7.25. The van der Waals surface area contributed by atoms with Crippen molar-refractivity contribution < 1.29 is 17.6 Å². The van der Waals surface area contributed by atoms with Gasteiger partial charge in [0, 0.05) is 16.8 Å². The average Bonchev–Trinajstić information content (AvgIpc) is 2.96. The van der Waals surface area contributed by atoms with Gasteiger partial charge in [-0.15, -0.1) is 5.11 Å². The number of urea groups is 1. The van der Waals surface area contributed by atoms with E-state index >= 15 is 0 Å². The maximum absolute atomic E-state index is 14.3. The summed E-state index contributed by atoms with van der Waals surface area (Å²) in [5, 5.41) is 20.0. The number of carbonyl (C=O) groups is 1. The lowest BCUT2D eigenvalue weighted by Crippen LogP contribution is -2.19. The molecular weight excluding hydrogens is 597 g/mol. The van der Waals surface area contributed by atoms with Gasteiger partial charge < -0.3 is 21.7 Å². The highest BCUT2D eigenvalue weighted by Crippen LogP contribution is 2.34. The number of amides is 2. The third-order valence-corrected chi connectivity index (χ3v) is 8.03. The Morgan fingerprint density at radius 3 is 2.16 bits per heavy atom. The molecule has 0 bridgehead atoms. The van der Waals surface area contributed by atoms with Crippen LogP contribution in [0, 0.1) is 26.8 Å². The number of nitrogens with one attached hydrogen (secondary N) is 3. The van der Waals surface area contributed by atoms with Crippen molar-refractivity contribution in [3.05, 3.63) is 101 Å². The van der Waals surface area contributed by atoms with Crippen LogP contribution >= 0.6 is 0 Å². The van der Waals surface area contributed by atoms with Crippen molar-refractivity contribution in [1.29, 1.82) is 0 Å². The van der Waals surface area contributed by atoms with Crippen LogP contribution in [-0.2, 0) is 9.84 Å². The van der Waals surface area contributed by atoms with E-state index in [1.165, 1.54) is 35.9 Å². The number of hydrogen-bond donors (Lipinski definition) is 4. The highest BCUT2D eigenvalue weighted by molar-refractivity contribution is 7.94. The molecule has 0 fully saturated rings. The Kier molecular flexibility index (Phi) is 8.50. The zero-order chi connectivity index (χ0) is 32.3. The normalized spacial score (nSPS) is 11.5. The molecule has 0 spiro atoms. The Labute approximate surface area is 258 Å². The first-order valence-electron chi connectivity index (χ1n) is 13.5. The molecule has 0 unspecified atom stereocenters. The summed E-state index contributed by atoms with van der Waals surface area (Å²) in [6, 6.07) is 17.8. The fourth-order valence-electron chi connectivity index (χ4n) is 4.58. The molecule has 2 amide bonds. The van der Waals surface area contributed by atoms with Gasteiger partial charge in [0.25, 0.3) is 0 Å². The number of halogens is 1. The predicted octanol–water partition coefficient (Wildman–Crippen LogP) is 7.40. The molecule has 45 heavy (non-hydrogen) atoms. The number of nitrogens with two attached hydrogens (primary N) is 1. The summed E-state index contributed by atoms with van der Waals surface area (Å²) in [6.45, 7) is 9.34. The van der Waals surface area contributed by atoms with E-state index < -0.39 is 21.9 Å². The molecule has 1 aromatic heterocycles. The first kappa shape index (κ1) is 30.7. The Hall–Kier alpha value is -5.76. The second-order valence-corrected chi connectivity index (χ2v) is 12.0. The molecule has 0 aliphatic rings. The van der Waals surface area contributed by atoms with E-state index in [1.807, 2.05) is 19.9 Å². The molecule has 0 saturated carbocycles. The fraction of sp³-hybridized carbons (Fsp3) is 0.0968. The number of aryl methyl sites for hydroxylation is 3. The lowest BCUT2D eigenvalue weighted by atomic mass is 9.99. The minimum absolute atomic E-state index is 0.0492. The van der Waals surface area contributed by atoms with E-state index in [2.05, 4.69) is 72.8 Å². The second kappa shape index (κ2) is 12.5. The number of sulfone groups is 1. The topological polar surface area (TPSA) is 177 Å². The zero-order valence-corrected chi connectivity index (χ0v) is 25.3. The van der Waals surface area contributed by atoms with E-state index in [4.69, 9.17) is 5.73 Å². The van der Waals surface area contributed by atoms with Crippen LogP contribution < -0.4 is 21.7 Å². The van der Waals surface area contributed by atoms with E-state index in [0.717, 1.165) is 27.3 Å².